The summed E-state index contributed by atoms with van der Waals surface area (Å²) in [6.07, 6.45) is 3.28. The Bertz CT molecular complexity index is 766. The van der Waals surface area contributed by atoms with Crippen molar-refractivity contribution in [3.8, 4) is 11.5 Å². The van der Waals surface area contributed by atoms with Gasteiger partial charge in [0.25, 0.3) is 0 Å². The minimum atomic E-state index is -0.168. The molecule has 1 amide bonds. The van der Waals surface area contributed by atoms with Crippen LogP contribution >= 0.6 is 0 Å². The lowest BCUT2D eigenvalue weighted by atomic mass is 10.1. The molecule has 4 nitrogen and oxygen atoms in total. The van der Waals surface area contributed by atoms with Gasteiger partial charge in [0.15, 0.2) is 11.5 Å². The number of carbonyl (C=O) groups is 1. The van der Waals surface area contributed by atoms with Crippen LogP contribution in [0.15, 0.2) is 42.5 Å². The molecule has 0 aliphatic rings. The third-order valence-corrected chi connectivity index (χ3v) is 3.63. The Balaban J connectivity index is 2.09. The minimum absolute atomic E-state index is 0.168. The maximum atomic E-state index is 12.1. The molecule has 4 heteroatoms. The van der Waals surface area contributed by atoms with Crippen LogP contribution < -0.4 is 14.8 Å². The first-order valence-electron chi connectivity index (χ1n) is 8.49. The van der Waals surface area contributed by atoms with Gasteiger partial charge in [0, 0.05) is 11.8 Å². The smallest absolute Gasteiger partial charge is 0.248 e. The van der Waals surface area contributed by atoms with Crippen molar-refractivity contribution >= 4 is 17.7 Å². The molecule has 0 aromatic heterocycles. The number of ether oxygens (including phenoxy) is 2. The van der Waals surface area contributed by atoms with E-state index >= 15 is 0 Å². The van der Waals surface area contributed by atoms with Crippen LogP contribution in [0.2, 0.25) is 0 Å². The zero-order valence-corrected chi connectivity index (χ0v) is 15.3. The number of nitrogens with one attached hydrogen (secondary N) is 1. The van der Waals surface area contributed by atoms with Crippen LogP contribution in [0, 0.1) is 13.8 Å². The number of amides is 1. The SMILES string of the molecule is CCOc1ccc(/C=C/C(=O)Nc2ccc(C)cc2C)cc1OCC. The van der Waals surface area contributed by atoms with Crippen molar-refractivity contribution in [1.82, 2.24) is 0 Å². The van der Waals surface area contributed by atoms with E-state index in [9.17, 15) is 4.79 Å². The normalized spacial score (nSPS) is 10.7. The molecule has 2 rings (SSSR count). The molecule has 132 valence electrons. The minimum Gasteiger partial charge on any atom is -0.490 e. The Morgan fingerprint density at radius 3 is 2.40 bits per heavy atom. The predicted molar refractivity (Wildman–Crippen MR) is 102 cm³/mol. The van der Waals surface area contributed by atoms with E-state index in [2.05, 4.69) is 5.32 Å². The van der Waals surface area contributed by atoms with E-state index in [0.29, 0.717) is 24.7 Å². The monoisotopic (exact) mass is 339 g/mol. The largest absolute Gasteiger partial charge is 0.490 e. The fraction of sp³-hybridized carbons (Fsp3) is 0.286. The quantitative estimate of drug-likeness (QED) is 0.740. The standard InChI is InChI=1S/C21H25NO3/c1-5-24-19-11-8-17(14-20(19)25-6-2)9-12-21(23)22-18-10-7-15(3)13-16(18)4/h7-14H,5-6H2,1-4H3,(H,22,23)/b12-9+. The van der Waals surface area contributed by atoms with Gasteiger partial charge in [0.1, 0.15) is 0 Å². The maximum Gasteiger partial charge on any atom is 0.248 e. The molecular formula is C21H25NO3. The van der Waals surface area contributed by atoms with Gasteiger partial charge in [-0.1, -0.05) is 23.8 Å². The fourth-order valence-corrected chi connectivity index (χ4v) is 2.47. The van der Waals surface area contributed by atoms with Crippen LogP contribution in [0.5, 0.6) is 11.5 Å². The van der Waals surface area contributed by atoms with E-state index in [1.165, 1.54) is 11.6 Å². The number of benzene rings is 2. The molecule has 0 unspecified atom stereocenters. The van der Waals surface area contributed by atoms with Crippen LogP contribution in [0.1, 0.15) is 30.5 Å². The van der Waals surface area contributed by atoms with Gasteiger partial charge < -0.3 is 14.8 Å². The second-order valence-electron chi connectivity index (χ2n) is 5.71. The number of hydrogen-bond acceptors (Lipinski definition) is 3. The molecular weight excluding hydrogens is 314 g/mol. The summed E-state index contributed by atoms with van der Waals surface area (Å²) in [4.78, 5) is 12.1. The van der Waals surface area contributed by atoms with E-state index in [1.807, 2.05) is 64.1 Å². The fourth-order valence-electron chi connectivity index (χ4n) is 2.47. The van der Waals surface area contributed by atoms with E-state index in [1.54, 1.807) is 6.08 Å². The molecule has 0 spiro atoms. The van der Waals surface area contributed by atoms with Crippen LogP contribution in [0.25, 0.3) is 6.08 Å². The van der Waals surface area contributed by atoms with E-state index < -0.39 is 0 Å². The van der Waals surface area contributed by atoms with Gasteiger partial charge >= 0.3 is 0 Å². The number of anilines is 1. The second kappa shape index (κ2) is 8.92. The molecule has 25 heavy (non-hydrogen) atoms. The molecule has 2 aromatic carbocycles. The van der Waals surface area contributed by atoms with Crippen molar-refractivity contribution in [2.45, 2.75) is 27.7 Å². The first-order chi connectivity index (χ1) is 12.0. The maximum absolute atomic E-state index is 12.1. The molecule has 0 saturated carbocycles. The molecule has 0 saturated heterocycles. The Kier molecular flexibility index (Phi) is 6.63. The molecule has 0 bridgehead atoms. The van der Waals surface area contributed by atoms with Gasteiger partial charge in [-0.25, -0.2) is 0 Å². The lowest BCUT2D eigenvalue weighted by molar-refractivity contribution is -0.111. The summed E-state index contributed by atoms with van der Waals surface area (Å²) in [5.41, 5.74) is 3.91. The third-order valence-electron chi connectivity index (χ3n) is 3.63. The lowest BCUT2D eigenvalue weighted by Gasteiger charge is -2.11. The molecule has 1 N–H and O–H groups in total. The van der Waals surface area contributed by atoms with Gasteiger partial charge in [-0.2, -0.15) is 0 Å². The highest BCUT2D eigenvalue weighted by Crippen LogP contribution is 2.29. The summed E-state index contributed by atoms with van der Waals surface area (Å²) in [6, 6.07) is 11.6. The Morgan fingerprint density at radius 2 is 1.72 bits per heavy atom. The van der Waals surface area contributed by atoms with Crippen LogP contribution in [-0.2, 0) is 4.79 Å². The zero-order chi connectivity index (χ0) is 18.2. The molecule has 0 aliphatic carbocycles. The predicted octanol–water partition coefficient (Wildman–Crippen LogP) is 4.75. The average Bonchev–Trinajstić information content (AvgIpc) is 2.58. The number of carbonyl (C=O) groups excluding carboxylic acids is 1. The zero-order valence-electron chi connectivity index (χ0n) is 15.3. The van der Waals surface area contributed by atoms with Crippen molar-refractivity contribution in [1.29, 1.82) is 0 Å². The van der Waals surface area contributed by atoms with Gasteiger partial charge in [-0.15, -0.1) is 0 Å². The van der Waals surface area contributed by atoms with E-state index in [0.717, 1.165) is 16.8 Å². The van der Waals surface area contributed by atoms with Gasteiger partial charge in [-0.3, -0.25) is 4.79 Å². The Hall–Kier alpha value is -2.75. The van der Waals surface area contributed by atoms with Crippen LogP contribution in [0.3, 0.4) is 0 Å². The molecule has 2 aromatic rings. The van der Waals surface area contributed by atoms with Crippen molar-refractivity contribution < 1.29 is 14.3 Å². The highest BCUT2D eigenvalue weighted by Gasteiger charge is 2.06. The van der Waals surface area contributed by atoms with Crippen molar-refractivity contribution in [2.75, 3.05) is 18.5 Å². The molecule has 0 fully saturated rings. The van der Waals surface area contributed by atoms with E-state index in [4.69, 9.17) is 9.47 Å². The molecule has 0 atom stereocenters. The van der Waals surface area contributed by atoms with Crippen molar-refractivity contribution in [3.05, 3.63) is 59.2 Å². The summed E-state index contributed by atoms with van der Waals surface area (Å²) in [6.45, 7) is 9.00. The second-order valence-corrected chi connectivity index (χ2v) is 5.71. The van der Waals surface area contributed by atoms with Crippen molar-refractivity contribution in [3.63, 3.8) is 0 Å². The molecule has 0 radical (unpaired) electrons. The first-order valence-corrected chi connectivity index (χ1v) is 8.49. The van der Waals surface area contributed by atoms with Crippen LogP contribution in [-0.4, -0.2) is 19.1 Å². The summed E-state index contributed by atoms with van der Waals surface area (Å²) < 4.78 is 11.1. The number of rotatable bonds is 7. The number of hydrogen-bond donors (Lipinski definition) is 1. The summed E-state index contributed by atoms with van der Waals surface area (Å²) in [5, 5.41) is 2.90. The molecule has 0 aliphatic heterocycles. The van der Waals surface area contributed by atoms with Crippen molar-refractivity contribution in [2.24, 2.45) is 0 Å². The Morgan fingerprint density at radius 1 is 1.00 bits per heavy atom. The third kappa shape index (κ3) is 5.38. The van der Waals surface area contributed by atoms with Gasteiger partial charge in [0.2, 0.25) is 5.91 Å². The van der Waals surface area contributed by atoms with Gasteiger partial charge in [0.05, 0.1) is 13.2 Å². The number of aryl methyl sites for hydroxylation is 2. The highest BCUT2D eigenvalue weighted by atomic mass is 16.5. The average molecular weight is 339 g/mol. The van der Waals surface area contributed by atoms with E-state index in [-0.39, 0.29) is 5.91 Å². The highest BCUT2D eigenvalue weighted by molar-refractivity contribution is 6.02. The van der Waals surface area contributed by atoms with Crippen LogP contribution in [0.4, 0.5) is 5.69 Å². The summed E-state index contributed by atoms with van der Waals surface area (Å²) >= 11 is 0. The Labute approximate surface area is 149 Å². The lowest BCUT2D eigenvalue weighted by Crippen LogP contribution is -2.08. The summed E-state index contributed by atoms with van der Waals surface area (Å²) in [5.74, 6) is 1.22. The van der Waals surface area contributed by atoms with Gasteiger partial charge in [-0.05, 0) is 63.1 Å². The first kappa shape index (κ1) is 18.6. The molecule has 0 heterocycles. The summed E-state index contributed by atoms with van der Waals surface area (Å²) in [7, 11) is 0. The topological polar surface area (TPSA) is 47.6 Å².